The number of hydrogen-bond acceptors (Lipinski definition) is 3. The molecule has 0 unspecified atom stereocenters. The molecule has 0 aliphatic rings. The Labute approximate surface area is 135 Å². The summed E-state index contributed by atoms with van der Waals surface area (Å²) in [4.78, 5) is 23.3. The van der Waals surface area contributed by atoms with Gasteiger partial charge in [-0.2, -0.15) is 13.2 Å². The van der Waals surface area contributed by atoms with Crippen molar-refractivity contribution in [2.75, 3.05) is 6.54 Å². The molecule has 1 aromatic carbocycles. The number of nitrogens with zero attached hydrogens (tertiary/aromatic N) is 3. The fourth-order valence-corrected chi connectivity index (χ4v) is 1.96. The van der Waals surface area contributed by atoms with E-state index in [1.807, 2.05) is 30.3 Å². The molecule has 128 valence electrons. The Balaban J connectivity index is 1.92. The van der Waals surface area contributed by atoms with E-state index in [0.29, 0.717) is 9.25 Å². The monoisotopic (exact) mass is 340 g/mol. The number of rotatable bonds is 5. The lowest BCUT2D eigenvalue weighted by atomic mass is 10.2. The highest BCUT2D eigenvalue weighted by Crippen LogP contribution is 2.25. The molecule has 0 spiro atoms. The average Bonchev–Trinajstić information content (AvgIpc) is 2.82. The lowest BCUT2D eigenvalue weighted by Gasteiger charge is -2.03. The zero-order valence-corrected chi connectivity index (χ0v) is 12.7. The van der Waals surface area contributed by atoms with Crippen molar-refractivity contribution in [3.05, 3.63) is 58.3 Å². The normalized spacial score (nSPS) is 11.8. The highest BCUT2D eigenvalue weighted by Gasteiger charge is 2.37. The third-order valence-corrected chi connectivity index (χ3v) is 3.14. The van der Waals surface area contributed by atoms with E-state index in [1.165, 1.54) is 6.08 Å². The second-order valence-electron chi connectivity index (χ2n) is 4.92. The highest BCUT2D eigenvalue weighted by atomic mass is 19.4. The van der Waals surface area contributed by atoms with Crippen molar-refractivity contribution in [2.45, 2.75) is 12.7 Å². The quantitative estimate of drug-likeness (QED) is 0.837. The highest BCUT2D eigenvalue weighted by molar-refractivity contribution is 5.91. The predicted octanol–water partition coefficient (Wildman–Crippen LogP) is 1.43. The van der Waals surface area contributed by atoms with Crippen LogP contribution in [0.25, 0.3) is 6.08 Å². The van der Waals surface area contributed by atoms with Gasteiger partial charge in [0.05, 0.1) is 6.54 Å². The van der Waals surface area contributed by atoms with Crippen molar-refractivity contribution in [3.8, 4) is 0 Å². The van der Waals surface area contributed by atoms with Crippen LogP contribution in [0, 0.1) is 0 Å². The van der Waals surface area contributed by atoms with Crippen LogP contribution in [0.5, 0.6) is 0 Å². The van der Waals surface area contributed by atoms with Crippen molar-refractivity contribution < 1.29 is 18.0 Å². The Bertz CT molecular complexity index is 791. The molecular weight excluding hydrogens is 325 g/mol. The van der Waals surface area contributed by atoms with Gasteiger partial charge in [0.2, 0.25) is 11.7 Å². The van der Waals surface area contributed by atoms with Gasteiger partial charge in [-0.25, -0.2) is 9.48 Å². The number of hydrogen-bond donors (Lipinski definition) is 1. The zero-order chi connectivity index (χ0) is 17.7. The lowest BCUT2D eigenvalue weighted by molar-refractivity contribution is -0.147. The molecule has 1 amide bonds. The van der Waals surface area contributed by atoms with Gasteiger partial charge in [-0.3, -0.25) is 9.36 Å². The standard InChI is InChI=1S/C15H15F3N4O2/c1-21-13(15(16,17)18)20-22(14(21)24)10-9-19-12(23)8-7-11-5-3-2-4-6-11/h2-8H,9-10H2,1H3,(H,19,23)/b8-7+. The van der Waals surface area contributed by atoms with E-state index in [0.717, 1.165) is 12.6 Å². The van der Waals surface area contributed by atoms with Crippen LogP contribution in [0.1, 0.15) is 11.4 Å². The summed E-state index contributed by atoms with van der Waals surface area (Å²) >= 11 is 0. The SMILES string of the molecule is Cn1c(C(F)(F)F)nn(CCNC(=O)/C=C/c2ccccc2)c1=O. The third kappa shape index (κ3) is 4.34. The summed E-state index contributed by atoms with van der Waals surface area (Å²) < 4.78 is 39.0. The molecule has 0 saturated heterocycles. The number of carbonyl (C=O) groups excluding carboxylic acids is 1. The molecule has 0 saturated carbocycles. The molecule has 1 heterocycles. The number of halogens is 3. The Morgan fingerprint density at radius 1 is 1.29 bits per heavy atom. The second kappa shape index (κ2) is 7.16. The molecule has 0 aliphatic heterocycles. The molecule has 0 bridgehead atoms. The number of aromatic nitrogens is 3. The molecule has 2 rings (SSSR count). The van der Waals surface area contributed by atoms with Gasteiger partial charge >= 0.3 is 11.9 Å². The number of benzene rings is 1. The molecule has 0 fully saturated rings. The first-order chi connectivity index (χ1) is 11.3. The topological polar surface area (TPSA) is 68.9 Å². The van der Waals surface area contributed by atoms with E-state index in [4.69, 9.17) is 0 Å². The van der Waals surface area contributed by atoms with Gasteiger partial charge in [0.25, 0.3) is 0 Å². The van der Waals surface area contributed by atoms with Gasteiger partial charge in [0.1, 0.15) is 0 Å². The van der Waals surface area contributed by atoms with Crippen molar-refractivity contribution in [1.82, 2.24) is 19.7 Å². The molecule has 0 aliphatic carbocycles. The molecule has 24 heavy (non-hydrogen) atoms. The van der Waals surface area contributed by atoms with Crippen LogP contribution in [0.4, 0.5) is 13.2 Å². The van der Waals surface area contributed by atoms with Gasteiger partial charge in [-0.15, -0.1) is 5.10 Å². The minimum absolute atomic E-state index is 0.0216. The van der Waals surface area contributed by atoms with Crippen LogP contribution in [-0.2, 0) is 24.6 Å². The summed E-state index contributed by atoms with van der Waals surface area (Å²) in [6.07, 6.45) is -1.80. The molecule has 2 aromatic rings. The number of nitrogens with one attached hydrogen (secondary N) is 1. The van der Waals surface area contributed by atoms with E-state index in [9.17, 15) is 22.8 Å². The molecule has 6 nitrogen and oxygen atoms in total. The van der Waals surface area contributed by atoms with Crippen molar-refractivity contribution >= 4 is 12.0 Å². The van der Waals surface area contributed by atoms with E-state index in [2.05, 4.69) is 10.4 Å². The maximum atomic E-state index is 12.6. The van der Waals surface area contributed by atoms with Gasteiger partial charge in [-0.05, 0) is 11.6 Å². The van der Waals surface area contributed by atoms with Gasteiger partial charge in [0.15, 0.2) is 0 Å². The minimum atomic E-state index is -4.71. The largest absolute Gasteiger partial charge is 0.451 e. The number of carbonyl (C=O) groups is 1. The van der Waals surface area contributed by atoms with E-state index in [-0.39, 0.29) is 13.1 Å². The molecule has 0 atom stereocenters. The van der Waals surface area contributed by atoms with Crippen molar-refractivity contribution in [3.63, 3.8) is 0 Å². The van der Waals surface area contributed by atoms with Gasteiger partial charge in [0, 0.05) is 19.7 Å². The van der Waals surface area contributed by atoms with Gasteiger partial charge < -0.3 is 5.32 Å². The maximum Gasteiger partial charge on any atom is 0.451 e. The molecule has 1 N–H and O–H groups in total. The molecule has 9 heteroatoms. The van der Waals surface area contributed by atoms with Crippen LogP contribution < -0.4 is 11.0 Å². The fourth-order valence-electron chi connectivity index (χ4n) is 1.96. The Kier molecular flexibility index (Phi) is 5.22. The summed E-state index contributed by atoms with van der Waals surface area (Å²) in [6, 6.07) is 9.12. The Morgan fingerprint density at radius 2 is 1.96 bits per heavy atom. The molecule has 0 radical (unpaired) electrons. The van der Waals surface area contributed by atoms with Crippen molar-refractivity contribution in [1.29, 1.82) is 0 Å². The number of amides is 1. The van der Waals surface area contributed by atoms with E-state index >= 15 is 0 Å². The first-order valence-corrected chi connectivity index (χ1v) is 7.01. The van der Waals surface area contributed by atoms with Crippen LogP contribution in [0.3, 0.4) is 0 Å². The Hall–Kier alpha value is -2.84. The number of alkyl halides is 3. The van der Waals surface area contributed by atoms with Gasteiger partial charge in [-0.1, -0.05) is 30.3 Å². The summed E-state index contributed by atoms with van der Waals surface area (Å²) in [7, 11) is 0.996. The first-order valence-electron chi connectivity index (χ1n) is 7.01. The summed E-state index contributed by atoms with van der Waals surface area (Å²) in [6.45, 7) is -0.181. The van der Waals surface area contributed by atoms with Crippen LogP contribution in [0.15, 0.2) is 41.2 Å². The lowest BCUT2D eigenvalue weighted by Crippen LogP contribution is -2.31. The summed E-state index contributed by atoms with van der Waals surface area (Å²) in [5.74, 6) is -1.69. The van der Waals surface area contributed by atoms with Crippen LogP contribution in [-0.4, -0.2) is 26.8 Å². The zero-order valence-electron chi connectivity index (χ0n) is 12.7. The molecular formula is C15H15F3N4O2. The second-order valence-corrected chi connectivity index (χ2v) is 4.92. The van der Waals surface area contributed by atoms with Crippen LogP contribution in [0.2, 0.25) is 0 Å². The first kappa shape index (κ1) is 17.5. The third-order valence-electron chi connectivity index (χ3n) is 3.14. The van der Waals surface area contributed by atoms with E-state index in [1.54, 1.807) is 6.08 Å². The predicted molar refractivity (Wildman–Crippen MR) is 81.0 cm³/mol. The minimum Gasteiger partial charge on any atom is -0.351 e. The molecule has 1 aromatic heterocycles. The Morgan fingerprint density at radius 3 is 2.54 bits per heavy atom. The average molecular weight is 340 g/mol. The van der Waals surface area contributed by atoms with Crippen molar-refractivity contribution in [2.24, 2.45) is 7.05 Å². The summed E-state index contributed by atoms with van der Waals surface area (Å²) in [5.41, 5.74) is -0.0557. The summed E-state index contributed by atoms with van der Waals surface area (Å²) in [5, 5.41) is 5.72. The maximum absolute atomic E-state index is 12.6. The van der Waals surface area contributed by atoms with E-state index < -0.39 is 23.6 Å². The van der Waals surface area contributed by atoms with Crippen LogP contribution >= 0.6 is 0 Å². The smallest absolute Gasteiger partial charge is 0.351 e. The fraction of sp³-hybridized carbons (Fsp3) is 0.267.